The van der Waals surface area contributed by atoms with Crippen molar-refractivity contribution in [1.29, 1.82) is 0 Å². The molecule has 0 radical (unpaired) electrons. The summed E-state index contributed by atoms with van der Waals surface area (Å²) in [4.78, 5) is 4.58. The van der Waals surface area contributed by atoms with Crippen LogP contribution in [0.25, 0.3) is 0 Å². The van der Waals surface area contributed by atoms with Crippen molar-refractivity contribution in [2.45, 2.75) is 18.3 Å². The van der Waals surface area contributed by atoms with Crippen LogP contribution in [0.2, 0.25) is 0 Å². The molecule has 0 bridgehead atoms. The van der Waals surface area contributed by atoms with Gasteiger partial charge in [-0.15, -0.1) is 8.78 Å². The van der Waals surface area contributed by atoms with Gasteiger partial charge in [-0.25, -0.2) is 4.99 Å². The number of ether oxygens (including phenoxy) is 3. The summed E-state index contributed by atoms with van der Waals surface area (Å²) < 4.78 is 41.8. The van der Waals surface area contributed by atoms with Crippen LogP contribution in [0.15, 0.2) is 23.2 Å². The normalized spacial score (nSPS) is 32.3. The highest BCUT2D eigenvalue weighted by atomic mass is 32.2. The molecule has 5 nitrogen and oxygen atoms in total. The molecular weight excluding hydrogens is 314 g/mol. The van der Waals surface area contributed by atoms with E-state index in [9.17, 15) is 8.78 Å². The number of hydrogen-bond donors (Lipinski definition) is 1. The minimum Gasteiger partial charge on any atom is -0.395 e. The van der Waals surface area contributed by atoms with Crippen LogP contribution in [-0.4, -0.2) is 30.4 Å². The van der Waals surface area contributed by atoms with Crippen molar-refractivity contribution in [2.24, 2.45) is 16.6 Å². The standard InChI is InChI=1S/C14H14F2N2O3S/c15-14(16)20-10-3-1-2-9(11(10)21-14)13-7-19-5-4-8(13)6-22-12(17)18-13/h1-3,8H,4-7H2,(H2,17,18). The number of nitrogens with zero attached hydrogens (tertiary/aromatic N) is 1. The van der Waals surface area contributed by atoms with Gasteiger partial charge in [-0.2, -0.15) is 0 Å². The summed E-state index contributed by atoms with van der Waals surface area (Å²) in [6.45, 7) is 0.926. The molecule has 0 spiro atoms. The lowest BCUT2D eigenvalue weighted by Crippen LogP contribution is -2.47. The van der Waals surface area contributed by atoms with Gasteiger partial charge in [0.05, 0.1) is 6.61 Å². The van der Waals surface area contributed by atoms with Crippen molar-refractivity contribution >= 4 is 16.9 Å². The van der Waals surface area contributed by atoms with E-state index in [0.717, 1.165) is 12.2 Å². The van der Waals surface area contributed by atoms with E-state index in [1.807, 2.05) is 0 Å². The average Bonchev–Trinajstić information content (AvgIpc) is 2.80. The molecule has 0 aromatic heterocycles. The fourth-order valence-electron chi connectivity index (χ4n) is 3.24. The average molecular weight is 328 g/mol. The smallest absolute Gasteiger partial charge is 0.395 e. The number of hydrogen-bond acceptors (Lipinski definition) is 6. The van der Waals surface area contributed by atoms with Gasteiger partial charge in [0.2, 0.25) is 0 Å². The third kappa shape index (κ3) is 2.04. The molecular formula is C14H14F2N2O3S. The van der Waals surface area contributed by atoms with Crippen molar-refractivity contribution in [1.82, 2.24) is 0 Å². The molecule has 3 aliphatic heterocycles. The first-order chi connectivity index (χ1) is 10.5. The number of aliphatic imine (C=N–C) groups is 1. The van der Waals surface area contributed by atoms with E-state index in [0.29, 0.717) is 23.9 Å². The van der Waals surface area contributed by atoms with Crippen LogP contribution in [-0.2, 0) is 10.3 Å². The Morgan fingerprint density at radius 1 is 1.32 bits per heavy atom. The van der Waals surface area contributed by atoms with Crippen LogP contribution >= 0.6 is 11.8 Å². The lowest BCUT2D eigenvalue weighted by molar-refractivity contribution is -0.287. The third-order valence-corrected chi connectivity index (χ3v) is 5.20. The minimum atomic E-state index is -3.65. The van der Waals surface area contributed by atoms with Gasteiger partial charge >= 0.3 is 6.29 Å². The topological polar surface area (TPSA) is 66.1 Å². The predicted molar refractivity (Wildman–Crippen MR) is 77.3 cm³/mol. The van der Waals surface area contributed by atoms with Gasteiger partial charge in [0.25, 0.3) is 0 Å². The quantitative estimate of drug-likeness (QED) is 0.857. The van der Waals surface area contributed by atoms with Crippen LogP contribution in [0.3, 0.4) is 0 Å². The fraction of sp³-hybridized carbons (Fsp3) is 0.500. The molecule has 0 amide bonds. The second kappa shape index (κ2) is 4.73. The predicted octanol–water partition coefficient (Wildman–Crippen LogP) is 2.30. The number of thioether (sulfide) groups is 1. The molecule has 2 atom stereocenters. The monoisotopic (exact) mass is 328 g/mol. The molecule has 118 valence electrons. The largest absolute Gasteiger partial charge is 0.586 e. The van der Waals surface area contributed by atoms with Gasteiger partial charge < -0.3 is 19.9 Å². The zero-order chi connectivity index (χ0) is 15.4. The summed E-state index contributed by atoms with van der Waals surface area (Å²) >= 11 is 1.48. The van der Waals surface area contributed by atoms with E-state index < -0.39 is 11.8 Å². The number of amidine groups is 1. The second-order valence-electron chi connectivity index (χ2n) is 5.52. The summed E-state index contributed by atoms with van der Waals surface area (Å²) in [6, 6.07) is 4.85. The molecule has 1 fully saturated rings. The summed E-state index contributed by atoms with van der Waals surface area (Å²) in [5.41, 5.74) is 5.66. The summed E-state index contributed by atoms with van der Waals surface area (Å²) in [7, 11) is 0. The Morgan fingerprint density at radius 3 is 3.05 bits per heavy atom. The summed E-state index contributed by atoms with van der Waals surface area (Å²) in [5, 5.41) is 0.435. The lowest BCUT2D eigenvalue weighted by Gasteiger charge is -2.43. The zero-order valence-electron chi connectivity index (χ0n) is 11.6. The number of fused-ring (bicyclic) bond motifs is 2. The second-order valence-corrected chi connectivity index (χ2v) is 6.56. The van der Waals surface area contributed by atoms with Crippen LogP contribution in [0.4, 0.5) is 8.78 Å². The van der Waals surface area contributed by atoms with Gasteiger partial charge in [-0.3, -0.25) is 0 Å². The Labute approximate surface area is 129 Å². The maximum atomic E-state index is 13.4. The molecule has 4 rings (SSSR count). The van der Waals surface area contributed by atoms with Crippen molar-refractivity contribution in [3.63, 3.8) is 0 Å². The van der Waals surface area contributed by atoms with Crippen molar-refractivity contribution in [2.75, 3.05) is 19.0 Å². The first kappa shape index (κ1) is 14.1. The Bertz CT molecular complexity index is 655. The van der Waals surface area contributed by atoms with Gasteiger partial charge in [0.15, 0.2) is 16.7 Å². The van der Waals surface area contributed by atoms with Crippen LogP contribution < -0.4 is 15.2 Å². The lowest BCUT2D eigenvalue weighted by atomic mass is 9.76. The first-order valence-electron chi connectivity index (χ1n) is 6.95. The number of benzene rings is 1. The molecule has 1 aromatic rings. The number of alkyl halides is 2. The first-order valence-corrected chi connectivity index (χ1v) is 7.94. The van der Waals surface area contributed by atoms with E-state index >= 15 is 0 Å². The third-order valence-electron chi connectivity index (χ3n) is 4.25. The number of rotatable bonds is 1. The molecule has 3 aliphatic rings. The van der Waals surface area contributed by atoms with E-state index in [1.165, 1.54) is 17.8 Å². The maximum absolute atomic E-state index is 13.4. The van der Waals surface area contributed by atoms with Crippen LogP contribution in [0.1, 0.15) is 12.0 Å². The minimum absolute atomic E-state index is 0.0215. The molecule has 1 aromatic carbocycles. The Kier molecular flexibility index (Phi) is 3.02. The van der Waals surface area contributed by atoms with Crippen molar-refractivity contribution < 1.29 is 23.0 Å². The van der Waals surface area contributed by atoms with Gasteiger partial charge in [0.1, 0.15) is 5.54 Å². The Balaban J connectivity index is 1.87. The molecule has 22 heavy (non-hydrogen) atoms. The van der Waals surface area contributed by atoms with Crippen LogP contribution in [0, 0.1) is 5.92 Å². The summed E-state index contributed by atoms with van der Waals surface area (Å²) in [6.07, 6.45) is -2.86. The SMILES string of the molecule is NC1=NC2(c3cccc4c3OC(F)(F)O4)COCCC2CS1. The molecule has 8 heteroatoms. The number of para-hydroxylation sites is 1. The maximum Gasteiger partial charge on any atom is 0.586 e. The fourth-order valence-corrected chi connectivity index (χ4v) is 4.28. The zero-order valence-corrected chi connectivity index (χ0v) is 12.4. The highest BCUT2D eigenvalue weighted by Gasteiger charge is 2.52. The molecule has 3 heterocycles. The molecule has 2 unspecified atom stereocenters. The highest BCUT2D eigenvalue weighted by Crippen LogP contribution is 2.52. The van der Waals surface area contributed by atoms with Gasteiger partial charge in [-0.1, -0.05) is 23.9 Å². The summed E-state index contributed by atoms with van der Waals surface area (Å²) in [5.74, 6) is 0.988. The van der Waals surface area contributed by atoms with Gasteiger partial charge in [0, 0.05) is 23.8 Å². The molecule has 0 aliphatic carbocycles. The van der Waals surface area contributed by atoms with E-state index in [-0.39, 0.29) is 17.4 Å². The van der Waals surface area contributed by atoms with Crippen LogP contribution in [0.5, 0.6) is 11.5 Å². The molecule has 0 saturated carbocycles. The Hall–Kier alpha value is -1.54. The number of nitrogens with two attached hydrogens (primary N) is 1. The Morgan fingerprint density at radius 2 is 2.18 bits per heavy atom. The van der Waals surface area contributed by atoms with E-state index in [2.05, 4.69) is 9.73 Å². The van der Waals surface area contributed by atoms with Gasteiger partial charge in [-0.05, 0) is 12.5 Å². The highest BCUT2D eigenvalue weighted by molar-refractivity contribution is 8.13. The van der Waals surface area contributed by atoms with E-state index in [4.69, 9.17) is 15.2 Å². The number of halogens is 2. The van der Waals surface area contributed by atoms with Crippen molar-refractivity contribution in [3.8, 4) is 11.5 Å². The van der Waals surface area contributed by atoms with E-state index in [1.54, 1.807) is 12.1 Å². The van der Waals surface area contributed by atoms with Crippen molar-refractivity contribution in [3.05, 3.63) is 23.8 Å². The molecule has 1 saturated heterocycles. The molecule has 2 N–H and O–H groups in total.